The van der Waals surface area contributed by atoms with Gasteiger partial charge in [-0.3, -0.25) is 0 Å². The Morgan fingerprint density at radius 3 is 2.54 bits per heavy atom. The van der Waals surface area contributed by atoms with E-state index in [9.17, 15) is 5.11 Å². The van der Waals surface area contributed by atoms with Crippen LogP contribution in [0.15, 0.2) is 18.2 Å². The van der Waals surface area contributed by atoms with Crippen LogP contribution in [0, 0.1) is 6.92 Å². The zero-order valence-electron chi connectivity index (χ0n) is 7.68. The van der Waals surface area contributed by atoms with Gasteiger partial charge >= 0.3 is 0 Å². The maximum atomic E-state index is 10.0. The summed E-state index contributed by atoms with van der Waals surface area (Å²) >= 11 is 5.99. The van der Waals surface area contributed by atoms with E-state index in [0.717, 1.165) is 35.4 Å². The molecule has 0 spiro atoms. The van der Waals surface area contributed by atoms with Crippen molar-refractivity contribution in [3.8, 4) is 0 Å². The average molecular weight is 197 g/mol. The first-order chi connectivity index (χ1) is 6.12. The quantitative estimate of drug-likeness (QED) is 0.732. The van der Waals surface area contributed by atoms with Crippen molar-refractivity contribution in [3.63, 3.8) is 0 Å². The van der Waals surface area contributed by atoms with Crippen LogP contribution in [-0.4, -0.2) is 5.11 Å². The maximum Gasteiger partial charge on any atom is 0.0897 e. The van der Waals surface area contributed by atoms with Crippen molar-refractivity contribution in [3.05, 3.63) is 34.3 Å². The molecular weight excluding hydrogens is 184 g/mol. The Labute approximate surface area is 83.3 Å². The van der Waals surface area contributed by atoms with E-state index in [1.54, 1.807) is 0 Å². The number of hydrogen-bond acceptors (Lipinski definition) is 1. The van der Waals surface area contributed by atoms with Gasteiger partial charge < -0.3 is 5.11 Å². The lowest BCUT2D eigenvalue weighted by atomic mass is 9.75. The Kier molecular flexibility index (Phi) is 2.09. The third-order valence-corrected chi connectivity index (χ3v) is 3.30. The lowest BCUT2D eigenvalue weighted by Gasteiger charge is -2.37. The van der Waals surface area contributed by atoms with E-state index in [1.165, 1.54) is 0 Å². The summed E-state index contributed by atoms with van der Waals surface area (Å²) in [6, 6.07) is 5.82. The van der Waals surface area contributed by atoms with Crippen LogP contribution in [0.4, 0.5) is 0 Å². The Bertz CT molecular complexity index is 329. The van der Waals surface area contributed by atoms with Crippen LogP contribution in [0.2, 0.25) is 5.02 Å². The van der Waals surface area contributed by atoms with Crippen molar-refractivity contribution < 1.29 is 5.11 Å². The Morgan fingerprint density at radius 1 is 1.38 bits per heavy atom. The van der Waals surface area contributed by atoms with Gasteiger partial charge in [-0.15, -0.1) is 0 Å². The second-order valence-corrected chi connectivity index (χ2v) is 4.26. The van der Waals surface area contributed by atoms with Crippen molar-refractivity contribution in [2.24, 2.45) is 0 Å². The molecule has 1 nitrogen and oxygen atoms in total. The number of aliphatic hydroxyl groups is 1. The zero-order valence-corrected chi connectivity index (χ0v) is 8.43. The fraction of sp³-hybridized carbons (Fsp3) is 0.455. The van der Waals surface area contributed by atoms with Crippen LogP contribution in [0.3, 0.4) is 0 Å². The molecule has 0 amide bonds. The van der Waals surface area contributed by atoms with E-state index in [2.05, 4.69) is 0 Å². The highest BCUT2D eigenvalue weighted by Crippen LogP contribution is 2.41. The number of halogens is 1. The lowest BCUT2D eigenvalue weighted by molar-refractivity contribution is -0.0387. The molecule has 1 N–H and O–H groups in total. The van der Waals surface area contributed by atoms with Crippen LogP contribution < -0.4 is 0 Å². The average Bonchev–Trinajstić information content (AvgIpc) is 2.06. The molecule has 13 heavy (non-hydrogen) atoms. The van der Waals surface area contributed by atoms with Crippen LogP contribution in [0.1, 0.15) is 30.4 Å². The van der Waals surface area contributed by atoms with Crippen LogP contribution >= 0.6 is 11.6 Å². The standard InChI is InChI=1S/C11H13ClO/c1-8-3-4-9(7-10(8)12)11(13)5-2-6-11/h3-4,7,13H,2,5-6H2,1H3. The molecule has 1 aliphatic carbocycles. The van der Waals surface area contributed by atoms with E-state index < -0.39 is 5.60 Å². The predicted octanol–water partition coefficient (Wildman–Crippen LogP) is 3.02. The molecule has 0 saturated heterocycles. The molecule has 0 heterocycles. The monoisotopic (exact) mass is 196 g/mol. The first kappa shape index (κ1) is 9.04. The van der Waals surface area contributed by atoms with Crippen molar-refractivity contribution in [1.82, 2.24) is 0 Å². The molecule has 0 unspecified atom stereocenters. The van der Waals surface area contributed by atoms with E-state index in [1.807, 2.05) is 25.1 Å². The van der Waals surface area contributed by atoms with Gasteiger partial charge in [0.25, 0.3) is 0 Å². The summed E-state index contributed by atoms with van der Waals surface area (Å²) in [6.07, 6.45) is 2.85. The molecule has 1 fully saturated rings. The molecule has 2 rings (SSSR count). The Morgan fingerprint density at radius 2 is 2.08 bits per heavy atom. The molecule has 1 saturated carbocycles. The molecule has 0 bridgehead atoms. The molecular formula is C11H13ClO. The molecule has 0 aromatic heterocycles. The van der Waals surface area contributed by atoms with Gasteiger partial charge in [0.2, 0.25) is 0 Å². The van der Waals surface area contributed by atoms with Crippen molar-refractivity contribution in [1.29, 1.82) is 0 Å². The van der Waals surface area contributed by atoms with Crippen molar-refractivity contribution >= 4 is 11.6 Å². The molecule has 0 atom stereocenters. The fourth-order valence-electron chi connectivity index (χ4n) is 1.68. The molecule has 70 valence electrons. The van der Waals surface area contributed by atoms with E-state index >= 15 is 0 Å². The summed E-state index contributed by atoms with van der Waals surface area (Å²) in [6.45, 7) is 1.97. The van der Waals surface area contributed by atoms with Crippen molar-refractivity contribution in [2.45, 2.75) is 31.8 Å². The predicted molar refractivity (Wildman–Crippen MR) is 53.9 cm³/mol. The normalized spacial score (nSPS) is 19.6. The third-order valence-electron chi connectivity index (χ3n) is 2.89. The minimum atomic E-state index is -0.586. The van der Waals surface area contributed by atoms with Gasteiger partial charge in [-0.25, -0.2) is 0 Å². The van der Waals surface area contributed by atoms with Gasteiger partial charge in [0, 0.05) is 5.02 Å². The number of aryl methyl sites for hydroxylation is 1. The highest BCUT2D eigenvalue weighted by molar-refractivity contribution is 6.31. The largest absolute Gasteiger partial charge is 0.385 e. The summed E-state index contributed by atoms with van der Waals surface area (Å²) in [7, 11) is 0. The van der Waals surface area contributed by atoms with Gasteiger partial charge in [-0.2, -0.15) is 0 Å². The molecule has 0 radical (unpaired) electrons. The zero-order chi connectivity index (χ0) is 9.47. The number of benzene rings is 1. The number of hydrogen-bond donors (Lipinski definition) is 1. The highest BCUT2D eigenvalue weighted by atomic mass is 35.5. The van der Waals surface area contributed by atoms with Crippen LogP contribution in [0.25, 0.3) is 0 Å². The van der Waals surface area contributed by atoms with Crippen LogP contribution in [-0.2, 0) is 5.60 Å². The summed E-state index contributed by atoms with van der Waals surface area (Å²) in [5.41, 5.74) is 1.44. The fourth-order valence-corrected chi connectivity index (χ4v) is 1.86. The maximum absolute atomic E-state index is 10.0. The number of rotatable bonds is 1. The smallest absolute Gasteiger partial charge is 0.0897 e. The summed E-state index contributed by atoms with van der Waals surface area (Å²) < 4.78 is 0. The van der Waals surface area contributed by atoms with E-state index in [-0.39, 0.29) is 0 Å². The molecule has 1 aromatic rings. The Hall–Kier alpha value is -0.530. The molecule has 1 aliphatic rings. The molecule has 2 heteroatoms. The second-order valence-electron chi connectivity index (χ2n) is 3.85. The van der Waals surface area contributed by atoms with Gasteiger partial charge in [0.05, 0.1) is 5.60 Å². The van der Waals surface area contributed by atoms with E-state index in [4.69, 9.17) is 11.6 Å². The van der Waals surface area contributed by atoms with Gasteiger partial charge in [-0.1, -0.05) is 23.7 Å². The first-order valence-corrected chi connectivity index (χ1v) is 4.99. The third kappa shape index (κ3) is 1.47. The van der Waals surface area contributed by atoms with E-state index in [0.29, 0.717) is 0 Å². The van der Waals surface area contributed by atoms with Gasteiger partial charge in [0.15, 0.2) is 0 Å². The molecule has 1 aromatic carbocycles. The van der Waals surface area contributed by atoms with Crippen LogP contribution in [0.5, 0.6) is 0 Å². The Balaban J connectivity index is 2.36. The van der Waals surface area contributed by atoms with Gasteiger partial charge in [-0.05, 0) is 43.4 Å². The molecule has 0 aliphatic heterocycles. The lowest BCUT2D eigenvalue weighted by Crippen LogP contribution is -2.33. The summed E-state index contributed by atoms with van der Waals surface area (Å²) in [4.78, 5) is 0. The second kappa shape index (κ2) is 3.00. The minimum Gasteiger partial charge on any atom is -0.385 e. The first-order valence-electron chi connectivity index (χ1n) is 4.61. The SMILES string of the molecule is Cc1ccc(C2(O)CCC2)cc1Cl. The summed E-state index contributed by atoms with van der Waals surface area (Å²) in [5, 5.41) is 10.8. The van der Waals surface area contributed by atoms with Crippen molar-refractivity contribution in [2.75, 3.05) is 0 Å². The van der Waals surface area contributed by atoms with Gasteiger partial charge in [0.1, 0.15) is 0 Å². The topological polar surface area (TPSA) is 20.2 Å². The summed E-state index contributed by atoms with van der Waals surface area (Å²) in [5.74, 6) is 0. The minimum absolute atomic E-state index is 0.586. The highest BCUT2D eigenvalue weighted by Gasteiger charge is 2.36.